The number of hydrogen-bond donors (Lipinski definition) is 2. The van der Waals surface area contributed by atoms with Crippen molar-refractivity contribution in [3.05, 3.63) is 72.8 Å². The highest BCUT2D eigenvalue weighted by Crippen LogP contribution is 2.28. The maximum atomic E-state index is 12.5. The van der Waals surface area contributed by atoms with Crippen LogP contribution in [-0.2, 0) is 4.79 Å². The van der Waals surface area contributed by atoms with Crippen LogP contribution in [0.1, 0.15) is 0 Å². The van der Waals surface area contributed by atoms with Crippen LogP contribution < -0.4 is 10.1 Å². The molecule has 1 amide bonds. The molecule has 0 aliphatic rings. The fourth-order valence-electron chi connectivity index (χ4n) is 2.89. The molecule has 0 aliphatic heterocycles. The lowest BCUT2D eigenvalue weighted by Crippen LogP contribution is -2.14. The van der Waals surface area contributed by atoms with Gasteiger partial charge in [0.2, 0.25) is 5.91 Å². The van der Waals surface area contributed by atoms with E-state index in [4.69, 9.17) is 4.74 Å². The lowest BCUT2D eigenvalue weighted by Gasteiger charge is -2.09. The van der Waals surface area contributed by atoms with Gasteiger partial charge in [0.25, 0.3) is 0 Å². The summed E-state index contributed by atoms with van der Waals surface area (Å²) in [5, 5.41) is 3.00. The number of para-hydroxylation sites is 3. The Hall–Kier alpha value is -3.25. The highest BCUT2D eigenvalue weighted by molar-refractivity contribution is 8.00. The van der Waals surface area contributed by atoms with Crippen LogP contribution in [0.25, 0.3) is 22.4 Å². The second-order valence-corrected chi connectivity index (χ2v) is 7.21. The number of aromatic nitrogens is 2. The number of benzene rings is 3. The number of carbonyl (C=O) groups excluding carboxylic acids is 1. The van der Waals surface area contributed by atoms with Crippen molar-refractivity contribution >= 4 is 34.4 Å². The summed E-state index contributed by atoms with van der Waals surface area (Å²) in [6.45, 7) is 0. The van der Waals surface area contributed by atoms with Crippen molar-refractivity contribution in [1.29, 1.82) is 0 Å². The molecule has 5 nitrogen and oxygen atoms in total. The summed E-state index contributed by atoms with van der Waals surface area (Å²) in [5.74, 6) is 1.79. The van der Waals surface area contributed by atoms with E-state index in [1.54, 1.807) is 7.11 Å². The van der Waals surface area contributed by atoms with Crippen molar-refractivity contribution in [1.82, 2.24) is 9.97 Å². The minimum Gasteiger partial charge on any atom is -0.497 e. The van der Waals surface area contributed by atoms with Gasteiger partial charge in [-0.05, 0) is 48.5 Å². The number of hydrogen-bond acceptors (Lipinski definition) is 4. The molecule has 28 heavy (non-hydrogen) atoms. The van der Waals surface area contributed by atoms with Gasteiger partial charge < -0.3 is 15.0 Å². The van der Waals surface area contributed by atoms with Gasteiger partial charge in [-0.15, -0.1) is 11.8 Å². The molecular formula is C22H19N3O2S. The van der Waals surface area contributed by atoms with E-state index in [-0.39, 0.29) is 5.91 Å². The Morgan fingerprint density at radius 1 is 1.04 bits per heavy atom. The first-order valence-corrected chi connectivity index (χ1v) is 9.82. The molecule has 6 heteroatoms. The molecule has 0 bridgehead atoms. The fourth-order valence-corrected chi connectivity index (χ4v) is 3.58. The molecule has 0 unspecified atom stereocenters. The van der Waals surface area contributed by atoms with Gasteiger partial charge in [-0.1, -0.05) is 24.3 Å². The van der Waals surface area contributed by atoms with Crippen LogP contribution in [0.15, 0.2) is 77.7 Å². The van der Waals surface area contributed by atoms with Crippen LogP contribution in [0, 0.1) is 0 Å². The van der Waals surface area contributed by atoms with Crippen LogP contribution >= 0.6 is 11.8 Å². The molecule has 0 spiro atoms. The molecule has 0 saturated heterocycles. The summed E-state index contributed by atoms with van der Waals surface area (Å²) in [7, 11) is 1.63. The number of methoxy groups -OCH3 is 1. The number of carbonyl (C=O) groups is 1. The lowest BCUT2D eigenvalue weighted by molar-refractivity contribution is -0.113. The van der Waals surface area contributed by atoms with Crippen LogP contribution in [0.4, 0.5) is 5.69 Å². The van der Waals surface area contributed by atoms with Gasteiger partial charge in [-0.25, -0.2) is 4.98 Å². The first-order chi connectivity index (χ1) is 13.7. The molecule has 0 aliphatic carbocycles. The minimum absolute atomic E-state index is 0.0654. The van der Waals surface area contributed by atoms with E-state index in [9.17, 15) is 4.79 Å². The van der Waals surface area contributed by atoms with Crippen molar-refractivity contribution in [2.45, 2.75) is 4.90 Å². The summed E-state index contributed by atoms with van der Waals surface area (Å²) in [4.78, 5) is 21.4. The first kappa shape index (κ1) is 18.1. The zero-order valence-corrected chi connectivity index (χ0v) is 16.1. The van der Waals surface area contributed by atoms with E-state index in [1.807, 2.05) is 72.8 Å². The number of nitrogens with zero attached hydrogens (tertiary/aromatic N) is 1. The van der Waals surface area contributed by atoms with E-state index in [0.29, 0.717) is 5.75 Å². The van der Waals surface area contributed by atoms with Crippen molar-refractivity contribution in [2.24, 2.45) is 0 Å². The minimum atomic E-state index is -0.0654. The van der Waals surface area contributed by atoms with E-state index in [0.717, 1.165) is 38.8 Å². The molecule has 140 valence electrons. The quantitative estimate of drug-likeness (QED) is 0.457. The van der Waals surface area contributed by atoms with Gasteiger partial charge in [-0.3, -0.25) is 4.79 Å². The molecule has 4 aromatic rings. The standard InChI is InChI=1S/C22H19N3O2S/c1-27-15-10-12-16(13-11-15)28-14-21(26)23-18-7-3-2-6-17(18)22-24-19-8-4-5-9-20(19)25-22/h2-13H,14H2,1H3,(H,23,26)(H,24,25). The third kappa shape index (κ3) is 4.02. The highest BCUT2D eigenvalue weighted by Gasteiger charge is 2.12. The Morgan fingerprint density at radius 2 is 1.79 bits per heavy atom. The Kier molecular flexibility index (Phi) is 5.30. The fraction of sp³-hybridized carbons (Fsp3) is 0.0909. The van der Waals surface area contributed by atoms with Crippen LogP contribution in [-0.4, -0.2) is 28.7 Å². The van der Waals surface area contributed by atoms with E-state index in [1.165, 1.54) is 11.8 Å². The predicted octanol–water partition coefficient (Wildman–Crippen LogP) is 4.97. The smallest absolute Gasteiger partial charge is 0.234 e. The van der Waals surface area contributed by atoms with Gasteiger partial charge in [0, 0.05) is 10.5 Å². The summed E-state index contributed by atoms with van der Waals surface area (Å²) in [6.07, 6.45) is 0. The Bertz CT molecular complexity index is 1070. The molecule has 2 N–H and O–H groups in total. The van der Waals surface area contributed by atoms with Crippen molar-refractivity contribution in [2.75, 3.05) is 18.2 Å². The van der Waals surface area contributed by atoms with Crippen molar-refractivity contribution < 1.29 is 9.53 Å². The van der Waals surface area contributed by atoms with E-state index >= 15 is 0 Å². The molecule has 0 fully saturated rings. The zero-order chi connectivity index (χ0) is 19.3. The normalized spacial score (nSPS) is 10.8. The Balaban J connectivity index is 1.47. The monoisotopic (exact) mass is 389 g/mol. The molecule has 0 saturated carbocycles. The topological polar surface area (TPSA) is 67.0 Å². The summed E-state index contributed by atoms with van der Waals surface area (Å²) in [6, 6.07) is 23.2. The molecule has 1 heterocycles. The largest absolute Gasteiger partial charge is 0.497 e. The first-order valence-electron chi connectivity index (χ1n) is 8.84. The molecule has 4 rings (SSSR count). The summed E-state index contributed by atoms with van der Waals surface area (Å²) in [5.41, 5.74) is 3.46. The molecule has 0 atom stereocenters. The van der Waals surface area contributed by atoms with Gasteiger partial charge in [0.15, 0.2) is 0 Å². The number of imidazole rings is 1. The van der Waals surface area contributed by atoms with Crippen LogP contribution in [0.2, 0.25) is 0 Å². The number of anilines is 1. The highest BCUT2D eigenvalue weighted by atomic mass is 32.2. The molecule has 1 aromatic heterocycles. The number of ether oxygens (including phenoxy) is 1. The maximum absolute atomic E-state index is 12.5. The predicted molar refractivity (Wildman–Crippen MR) is 114 cm³/mol. The van der Waals surface area contributed by atoms with Gasteiger partial charge in [-0.2, -0.15) is 0 Å². The molecular weight excluding hydrogens is 370 g/mol. The summed E-state index contributed by atoms with van der Waals surface area (Å²) < 4.78 is 5.15. The number of H-pyrrole nitrogens is 1. The van der Waals surface area contributed by atoms with Crippen molar-refractivity contribution in [3.63, 3.8) is 0 Å². The second kappa shape index (κ2) is 8.19. The Labute approximate surface area is 167 Å². The third-order valence-electron chi connectivity index (χ3n) is 4.28. The maximum Gasteiger partial charge on any atom is 0.234 e. The number of rotatable bonds is 6. The molecule has 0 radical (unpaired) electrons. The third-order valence-corrected chi connectivity index (χ3v) is 5.29. The van der Waals surface area contributed by atoms with Crippen LogP contribution in [0.5, 0.6) is 5.75 Å². The van der Waals surface area contributed by atoms with Gasteiger partial charge in [0.1, 0.15) is 11.6 Å². The lowest BCUT2D eigenvalue weighted by atomic mass is 10.1. The van der Waals surface area contributed by atoms with E-state index in [2.05, 4.69) is 15.3 Å². The number of amides is 1. The Morgan fingerprint density at radius 3 is 2.57 bits per heavy atom. The number of nitrogens with one attached hydrogen (secondary N) is 2. The zero-order valence-electron chi connectivity index (χ0n) is 15.3. The second-order valence-electron chi connectivity index (χ2n) is 6.16. The van der Waals surface area contributed by atoms with E-state index < -0.39 is 0 Å². The van der Waals surface area contributed by atoms with Crippen LogP contribution in [0.3, 0.4) is 0 Å². The van der Waals surface area contributed by atoms with Gasteiger partial charge in [0.05, 0.1) is 29.6 Å². The summed E-state index contributed by atoms with van der Waals surface area (Å²) >= 11 is 1.48. The van der Waals surface area contributed by atoms with Gasteiger partial charge >= 0.3 is 0 Å². The average Bonchev–Trinajstić information content (AvgIpc) is 3.17. The number of aromatic amines is 1. The van der Waals surface area contributed by atoms with Crippen molar-refractivity contribution in [3.8, 4) is 17.1 Å². The number of fused-ring (bicyclic) bond motifs is 1. The molecule has 3 aromatic carbocycles. The SMILES string of the molecule is COc1ccc(SCC(=O)Nc2ccccc2-c2nc3ccccc3[nH]2)cc1. The average molecular weight is 389 g/mol. The number of thioether (sulfide) groups is 1.